The van der Waals surface area contributed by atoms with Gasteiger partial charge in [0, 0.05) is 0 Å². The van der Waals surface area contributed by atoms with Crippen molar-refractivity contribution < 1.29 is 8.52 Å². The van der Waals surface area contributed by atoms with Crippen LogP contribution >= 0.6 is 0 Å². The number of hydrogen-bond acceptors (Lipinski definition) is 2. The standard InChI is InChI=1S/C4H9AsO2/c1-3(2)4(6)7-5/h3H,5H2,1-2H3. The number of carbonyl (C=O) groups is 1. The Kier molecular flexibility index (Phi) is 3.10. The summed E-state index contributed by atoms with van der Waals surface area (Å²) in [7, 11) is 0. The fraction of sp³-hybridized carbons (Fsp3) is 0.750. The van der Waals surface area contributed by atoms with Crippen LogP contribution in [0.1, 0.15) is 13.8 Å². The molecule has 0 bridgehead atoms. The van der Waals surface area contributed by atoms with Gasteiger partial charge in [0.1, 0.15) is 0 Å². The summed E-state index contributed by atoms with van der Waals surface area (Å²) in [6.07, 6.45) is 0. The zero-order valence-electron chi connectivity index (χ0n) is 4.47. The molecule has 2 nitrogen and oxygen atoms in total. The molecule has 1 atom stereocenters. The second-order valence-corrected chi connectivity index (χ2v) is 2.09. The normalized spacial score (nSPS) is 9.14. The van der Waals surface area contributed by atoms with E-state index in [1.807, 2.05) is 13.8 Å². The Labute approximate surface area is 52.1 Å². The fourth-order valence-corrected chi connectivity index (χ4v) is 0.707. The number of rotatable bonds is 1. The van der Waals surface area contributed by atoms with E-state index in [-0.39, 0.29) is 11.9 Å². The van der Waals surface area contributed by atoms with Gasteiger partial charge < -0.3 is 0 Å². The van der Waals surface area contributed by atoms with Gasteiger partial charge in [-0.1, -0.05) is 0 Å². The Morgan fingerprint density at radius 1 is 1.71 bits per heavy atom. The van der Waals surface area contributed by atoms with Gasteiger partial charge in [0.05, 0.1) is 0 Å². The first kappa shape index (κ1) is 7.03. The second kappa shape index (κ2) is 3.09. The van der Waals surface area contributed by atoms with Gasteiger partial charge in [0.15, 0.2) is 0 Å². The molecule has 0 saturated heterocycles. The summed E-state index contributed by atoms with van der Waals surface area (Å²) in [6, 6.07) is 0. The van der Waals surface area contributed by atoms with E-state index in [4.69, 9.17) is 0 Å². The van der Waals surface area contributed by atoms with Crippen molar-refractivity contribution in [3.05, 3.63) is 0 Å². The van der Waals surface area contributed by atoms with E-state index in [2.05, 4.69) is 3.73 Å². The van der Waals surface area contributed by atoms with Gasteiger partial charge >= 0.3 is 51.4 Å². The van der Waals surface area contributed by atoms with Crippen molar-refractivity contribution >= 4 is 23.2 Å². The first-order valence-electron chi connectivity index (χ1n) is 2.09. The SMILES string of the molecule is CC(C)C(=O)O[AsH2]. The molecule has 0 saturated carbocycles. The summed E-state index contributed by atoms with van der Waals surface area (Å²) in [6.45, 7) is 3.61. The Hall–Kier alpha value is 0.0284. The number of carbonyl (C=O) groups excluding carboxylic acids is 1. The minimum absolute atomic E-state index is 0.0203. The van der Waals surface area contributed by atoms with Gasteiger partial charge in [0.2, 0.25) is 0 Å². The molecule has 0 N–H and O–H groups in total. The molecule has 0 rings (SSSR count). The van der Waals surface area contributed by atoms with E-state index in [9.17, 15) is 4.79 Å². The molecule has 0 fully saturated rings. The van der Waals surface area contributed by atoms with E-state index in [0.29, 0.717) is 0 Å². The van der Waals surface area contributed by atoms with Gasteiger partial charge in [-0.3, -0.25) is 0 Å². The summed E-state index contributed by atoms with van der Waals surface area (Å²) < 4.78 is 4.44. The first-order chi connectivity index (χ1) is 3.18. The molecule has 0 aromatic rings. The van der Waals surface area contributed by atoms with Gasteiger partial charge in [0.25, 0.3) is 0 Å². The summed E-state index contributed by atoms with van der Waals surface area (Å²) in [5.74, 6) is -0.105. The third-order valence-corrected chi connectivity index (χ3v) is 1.07. The molecule has 1 unspecified atom stereocenters. The molecule has 0 aromatic heterocycles. The van der Waals surface area contributed by atoms with Gasteiger partial charge in [-0.25, -0.2) is 0 Å². The molecule has 3 heteroatoms. The van der Waals surface area contributed by atoms with E-state index in [0.717, 1.165) is 17.2 Å². The molecular formula is C4H9AsO2. The van der Waals surface area contributed by atoms with E-state index in [1.54, 1.807) is 0 Å². The zero-order chi connectivity index (χ0) is 5.86. The van der Waals surface area contributed by atoms with Crippen molar-refractivity contribution in [3.8, 4) is 0 Å². The predicted octanol–water partition coefficient (Wildman–Crippen LogP) is -0.266. The maximum atomic E-state index is 10.3. The van der Waals surface area contributed by atoms with Crippen molar-refractivity contribution in [3.63, 3.8) is 0 Å². The Morgan fingerprint density at radius 2 is 2.14 bits per heavy atom. The minimum atomic E-state index is -0.125. The summed E-state index contributed by atoms with van der Waals surface area (Å²) in [5, 5.41) is 0. The quantitative estimate of drug-likeness (QED) is 0.499. The molecule has 0 amide bonds. The molecule has 7 heavy (non-hydrogen) atoms. The molecule has 0 heterocycles. The fourth-order valence-electron chi connectivity index (χ4n) is 0.136. The Bertz CT molecular complexity index is 70.1. The van der Waals surface area contributed by atoms with Crippen LogP contribution < -0.4 is 0 Å². The van der Waals surface area contributed by atoms with E-state index >= 15 is 0 Å². The zero-order valence-corrected chi connectivity index (χ0v) is 6.89. The average molecular weight is 164 g/mol. The van der Waals surface area contributed by atoms with Crippen LogP contribution in [-0.4, -0.2) is 23.2 Å². The average Bonchev–Trinajstić information content (AvgIpc) is 1.65. The number of hydrogen-bond donors (Lipinski definition) is 0. The monoisotopic (exact) mass is 164 g/mol. The van der Waals surface area contributed by atoms with E-state index in [1.165, 1.54) is 0 Å². The van der Waals surface area contributed by atoms with Gasteiger partial charge in [-0.15, -0.1) is 0 Å². The molecule has 0 aliphatic carbocycles. The van der Waals surface area contributed by atoms with Crippen LogP contribution in [0, 0.1) is 5.92 Å². The second-order valence-electron chi connectivity index (χ2n) is 1.59. The van der Waals surface area contributed by atoms with Crippen LogP contribution in [0.3, 0.4) is 0 Å². The Morgan fingerprint density at radius 3 is 2.14 bits per heavy atom. The van der Waals surface area contributed by atoms with Crippen LogP contribution in [0.15, 0.2) is 0 Å². The van der Waals surface area contributed by atoms with E-state index < -0.39 is 0 Å². The van der Waals surface area contributed by atoms with Crippen LogP contribution in [0.5, 0.6) is 0 Å². The van der Waals surface area contributed by atoms with Crippen molar-refractivity contribution in [2.24, 2.45) is 5.92 Å². The summed E-state index contributed by atoms with van der Waals surface area (Å²) in [5.41, 5.74) is 0. The molecular weight excluding hydrogens is 155 g/mol. The molecule has 0 aliphatic rings. The van der Waals surface area contributed by atoms with Crippen LogP contribution in [0.2, 0.25) is 0 Å². The first-order valence-corrected chi connectivity index (χ1v) is 3.08. The predicted molar refractivity (Wildman–Crippen MR) is 29.5 cm³/mol. The molecule has 0 spiro atoms. The van der Waals surface area contributed by atoms with Crippen LogP contribution in [0.25, 0.3) is 0 Å². The summed E-state index contributed by atoms with van der Waals surface area (Å²) in [4.78, 5) is 10.3. The third kappa shape index (κ3) is 2.69. The topological polar surface area (TPSA) is 26.3 Å². The molecule has 42 valence electrons. The van der Waals surface area contributed by atoms with Gasteiger partial charge in [-0.2, -0.15) is 0 Å². The Balaban J connectivity index is 3.35. The van der Waals surface area contributed by atoms with Crippen molar-refractivity contribution in [1.82, 2.24) is 0 Å². The van der Waals surface area contributed by atoms with Gasteiger partial charge in [-0.05, 0) is 0 Å². The van der Waals surface area contributed by atoms with Crippen molar-refractivity contribution in [2.45, 2.75) is 13.8 Å². The third-order valence-electron chi connectivity index (χ3n) is 0.588. The van der Waals surface area contributed by atoms with Crippen LogP contribution in [-0.2, 0) is 8.52 Å². The maximum absolute atomic E-state index is 10.3. The molecule has 0 aromatic carbocycles. The van der Waals surface area contributed by atoms with Crippen molar-refractivity contribution in [2.75, 3.05) is 0 Å². The molecule has 0 aliphatic heterocycles. The van der Waals surface area contributed by atoms with Crippen molar-refractivity contribution in [1.29, 1.82) is 0 Å². The summed E-state index contributed by atoms with van der Waals surface area (Å²) >= 11 is 1.000. The molecule has 0 radical (unpaired) electrons. The van der Waals surface area contributed by atoms with Crippen LogP contribution in [0.4, 0.5) is 0 Å².